The summed E-state index contributed by atoms with van der Waals surface area (Å²) in [5, 5.41) is 3.75. The van der Waals surface area contributed by atoms with Gasteiger partial charge >= 0.3 is 6.29 Å². The molecule has 32 heavy (non-hydrogen) atoms. The lowest BCUT2D eigenvalue weighted by molar-refractivity contribution is -0.337. The number of anilines is 1. The van der Waals surface area contributed by atoms with Crippen LogP contribution in [0.3, 0.4) is 0 Å². The second-order valence-corrected chi connectivity index (χ2v) is 8.61. The minimum Gasteiger partial charge on any atom is -0.454 e. The number of para-hydroxylation sites is 2. The van der Waals surface area contributed by atoms with Gasteiger partial charge < -0.3 is 19.5 Å². The molecule has 0 fully saturated rings. The van der Waals surface area contributed by atoms with Gasteiger partial charge in [0.2, 0.25) is 5.96 Å². The summed E-state index contributed by atoms with van der Waals surface area (Å²) in [7, 11) is 0. The van der Waals surface area contributed by atoms with E-state index >= 15 is 0 Å². The predicted molar refractivity (Wildman–Crippen MR) is 119 cm³/mol. The third kappa shape index (κ3) is 4.10. The summed E-state index contributed by atoms with van der Waals surface area (Å²) in [4.78, 5) is 5.59. The fourth-order valence-corrected chi connectivity index (χ4v) is 4.53. The topological polar surface area (TPSA) is 64.1 Å². The summed E-state index contributed by atoms with van der Waals surface area (Å²) in [6, 6.07) is 12.5. The SMILES string of the molecule is C[C@@H](N=C1NSc2cccc(Oc3ccccc3Cl)c2N1)C1CC=CC2=C1OC(F)(F)O2. The molecule has 2 aliphatic heterocycles. The predicted octanol–water partition coefficient (Wildman–Crippen LogP) is 6.28. The molecule has 10 heteroatoms. The first-order valence-corrected chi connectivity index (χ1v) is 11.1. The van der Waals surface area contributed by atoms with Gasteiger partial charge in [-0.1, -0.05) is 35.9 Å². The Balaban J connectivity index is 1.37. The lowest BCUT2D eigenvalue weighted by Gasteiger charge is -2.26. The van der Waals surface area contributed by atoms with Crippen molar-refractivity contribution < 1.29 is 23.0 Å². The largest absolute Gasteiger partial charge is 0.585 e. The Morgan fingerprint density at radius 2 is 2.00 bits per heavy atom. The summed E-state index contributed by atoms with van der Waals surface area (Å²) in [6.45, 7) is 1.84. The molecule has 0 aromatic heterocycles. The van der Waals surface area contributed by atoms with Gasteiger partial charge in [0.25, 0.3) is 0 Å². The van der Waals surface area contributed by atoms with Crippen molar-refractivity contribution in [3.05, 3.63) is 71.2 Å². The summed E-state index contributed by atoms with van der Waals surface area (Å²) < 4.78 is 45.6. The first-order chi connectivity index (χ1) is 15.4. The van der Waals surface area contributed by atoms with E-state index in [2.05, 4.69) is 19.8 Å². The molecule has 1 unspecified atom stereocenters. The first-order valence-electron chi connectivity index (χ1n) is 9.89. The monoisotopic (exact) mass is 477 g/mol. The van der Waals surface area contributed by atoms with Crippen LogP contribution in [-0.4, -0.2) is 18.3 Å². The highest BCUT2D eigenvalue weighted by molar-refractivity contribution is 7.98. The van der Waals surface area contributed by atoms with Crippen molar-refractivity contribution in [3.8, 4) is 11.5 Å². The minimum atomic E-state index is -3.65. The van der Waals surface area contributed by atoms with Crippen LogP contribution < -0.4 is 14.8 Å². The third-order valence-corrected chi connectivity index (χ3v) is 6.32. The smallest absolute Gasteiger partial charge is 0.454 e. The van der Waals surface area contributed by atoms with E-state index in [-0.39, 0.29) is 23.5 Å². The second kappa shape index (κ2) is 8.22. The van der Waals surface area contributed by atoms with Crippen molar-refractivity contribution in [2.45, 2.75) is 30.6 Å². The van der Waals surface area contributed by atoms with Gasteiger partial charge in [0.05, 0.1) is 21.6 Å². The third-order valence-electron chi connectivity index (χ3n) is 5.16. The molecule has 2 atom stereocenters. The van der Waals surface area contributed by atoms with Crippen LogP contribution in [0.5, 0.6) is 11.5 Å². The molecule has 6 nitrogen and oxygen atoms in total. The highest BCUT2D eigenvalue weighted by Gasteiger charge is 2.48. The molecule has 0 radical (unpaired) electrons. The van der Waals surface area contributed by atoms with Crippen LogP contribution in [0.1, 0.15) is 13.3 Å². The number of rotatable bonds is 4. The van der Waals surface area contributed by atoms with E-state index in [1.165, 1.54) is 18.0 Å². The zero-order valence-corrected chi connectivity index (χ0v) is 18.3. The van der Waals surface area contributed by atoms with Crippen molar-refractivity contribution in [1.29, 1.82) is 0 Å². The minimum absolute atomic E-state index is 0.0537. The summed E-state index contributed by atoms with van der Waals surface area (Å²) in [6.07, 6.45) is 0.159. The molecular weight excluding hydrogens is 460 g/mol. The van der Waals surface area contributed by atoms with Crippen molar-refractivity contribution >= 4 is 35.2 Å². The molecule has 0 spiro atoms. The van der Waals surface area contributed by atoms with E-state index in [0.29, 0.717) is 28.9 Å². The van der Waals surface area contributed by atoms with Crippen LogP contribution >= 0.6 is 23.5 Å². The van der Waals surface area contributed by atoms with E-state index in [0.717, 1.165) is 10.6 Å². The van der Waals surface area contributed by atoms with Gasteiger partial charge in [0.15, 0.2) is 17.3 Å². The zero-order valence-electron chi connectivity index (χ0n) is 16.8. The number of nitrogens with one attached hydrogen (secondary N) is 2. The fourth-order valence-electron chi connectivity index (χ4n) is 3.65. The van der Waals surface area contributed by atoms with E-state index in [1.54, 1.807) is 18.2 Å². The lowest BCUT2D eigenvalue weighted by atomic mass is 9.91. The van der Waals surface area contributed by atoms with Crippen LogP contribution in [-0.2, 0) is 9.47 Å². The number of nitrogens with zero attached hydrogens (tertiary/aromatic N) is 1. The molecule has 0 amide bonds. The van der Waals surface area contributed by atoms with Crippen molar-refractivity contribution in [2.24, 2.45) is 10.9 Å². The van der Waals surface area contributed by atoms with Gasteiger partial charge in [-0.15, -0.1) is 8.78 Å². The Morgan fingerprint density at radius 3 is 2.84 bits per heavy atom. The van der Waals surface area contributed by atoms with Crippen molar-refractivity contribution in [1.82, 2.24) is 4.72 Å². The summed E-state index contributed by atoms with van der Waals surface area (Å²) in [5.41, 5.74) is 0.734. The number of halogens is 3. The van der Waals surface area contributed by atoms with E-state index < -0.39 is 6.29 Å². The molecule has 2 aromatic carbocycles. The van der Waals surface area contributed by atoms with Crippen LogP contribution in [0, 0.1) is 5.92 Å². The summed E-state index contributed by atoms with van der Waals surface area (Å²) in [5.74, 6) is 1.40. The van der Waals surface area contributed by atoms with Gasteiger partial charge in [-0.05, 0) is 55.6 Å². The molecule has 2 heterocycles. The normalized spacial score (nSPS) is 22.8. The number of fused-ring (bicyclic) bond motifs is 1. The molecule has 0 bridgehead atoms. The first kappa shape index (κ1) is 21.0. The number of guanidine groups is 1. The molecular formula is C22H18ClF2N3O3S. The van der Waals surface area contributed by atoms with Crippen molar-refractivity contribution in [2.75, 3.05) is 5.32 Å². The fraction of sp³-hybridized carbons (Fsp3) is 0.227. The maximum atomic E-state index is 13.6. The summed E-state index contributed by atoms with van der Waals surface area (Å²) >= 11 is 7.61. The van der Waals surface area contributed by atoms with Gasteiger partial charge in [-0.25, -0.2) is 4.99 Å². The van der Waals surface area contributed by atoms with Crippen molar-refractivity contribution in [3.63, 3.8) is 0 Å². The van der Waals surface area contributed by atoms with E-state index in [9.17, 15) is 8.78 Å². The standard InChI is InChI=1S/C22H18ClF2N3O3S/c1-12(13-6-4-10-17-20(13)31-22(24,25)30-17)26-21-27-19-16(9-5-11-18(19)32-28-21)29-15-8-3-2-7-14(15)23/h2-5,7-13H,6H2,1H3,(H2,26,27,28)/t12-,13?/m1/s1. The van der Waals surface area contributed by atoms with E-state index in [4.69, 9.17) is 21.1 Å². The number of alkyl halides is 2. The maximum absolute atomic E-state index is 13.6. The molecule has 5 rings (SSSR count). The maximum Gasteiger partial charge on any atom is 0.585 e. The number of benzene rings is 2. The Hall–Kier alpha value is -2.91. The van der Waals surface area contributed by atoms with Gasteiger partial charge in [0, 0.05) is 5.92 Å². The van der Waals surface area contributed by atoms with Crippen LogP contribution in [0.4, 0.5) is 14.5 Å². The van der Waals surface area contributed by atoms with Gasteiger partial charge in [0.1, 0.15) is 5.75 Å². The number of hydrogen-bond donors (Lipinski definition) is 2. The number of allylic oxidation sites excluding steroid dienone is 2. The number of ether oxygens (including phenoxy) is 3. The van der Waals surface area contributed by atoms with Crippen LogP contribution in [0.25, 0.3) is 0 Å². The van der Waals surface area contributed by atoms with Crippen LogP contribution in [0.15, 0.2) is 76.0 Å². The Morgan fingerprint density at radius 1 is 1.19 bits per heavy atom. The Bertz CT molecular complexity index is 1150. The molecule has 2 aromatic rings. The molecule has 0 saturated heterocycles. The molecule has 1 aliphatic carbocycles. The molecule has 3 aliphatic rings. The molecule has 166 valence electrons. The molecule has 2 N–H and O–H groups in total. The number of hydrogen-bond acceptors (Lipinski definition) is 5. The van der Waals surface area contributed by atoms with E-state index in [1.807, 2.05) is 37.3 Å². The quantitative estimate of drug-likeness (QED) is 0.505. The Kier molecular flexibility index (Phi) is 5.38. The van der Waals surface area contributed by atoms with Crippen LogP contribution in [0.2, 0.25) is 5.02 Å². The lowest BCUT2D eigenvalue weighted by Crippen LogP contribution is -2.33. The molecule has 0 saturated carbocycles. The second-order valence-electron chi connectivity index (χ2n) is 7.35. The highest BCUT2D eigenvalue weighted by atomic mass is 35.5. The number of aliphatic imine (C=N–C) groups is 1. The average molecular weight is 478 g/mol. The van der Waals surface area contributed by atoms with Gasteiger partial charge in [-0.3, -0.25) is 4.72 Å². The highest BCUT2D eigenvalue weighted by Crippen LogP contribution is 2.43. The Labute approximate surface area is 192 Å². The van der Waals surface area contributed by atoms with Gasteiger partial charge in [-0.2, -0.15) is 0 Å². The average Bonchev–Trinajstić information content (AvgIpc) is 3.09. The zero-order chi connectivity index (χ0) is 22.3.